The van der Waals surface area contributed by atoms with E-state index in [9.17, 15) is 4.79 Å². The molecule has 0 saturated heterocycles. The number of carbonyl (C=O) groups excluding carboxylic acids is 1. The van der Waals surface area contributed by atoms with Gasteiger partial charge in [-0.15, -0.1) is 5.10 Å². The van der Waals surface area contributed by atoms with Gasteiger partial charge in [0.05, 0.1) is 25.0 Å². The van der Waals surface area contributed by atoms with Crippen LogP contribution in [0.1, 0.15) is 25.5 Å². The van der Waals surface area contributed by atoms with E-state index in [4.69, 9.17) is 19.6 Å². The molecule has 188 valence electrons. The number of rotatable bonds is 7. The number of benzene rings is 3. The van der Waals surface area contributed by atoms with Crippen molar-refractivity contribution in [1.82, 2.24) is 14.8 Å². The van der Waals surface area contributed by atoms with Gasteiger partial charge in [-0.25, -0.2) is 4.68 Å². The van der Waals surface area contributed by atoms with Gasteiger partial charge < -0.3 is 20.1 Å². The van der Waals surface area contributed by atoms with E-state index in [2.05, 4.69) is 26.6 Å². The zero-order valence-electron chi connectivity index (χ0n) is 20.7. The van der Waals surface area contributed by atoms with E-state index in [1.807, 2.05) is 80.6 Å². The molecule has 0 bridgehead atoms. The van der Waals surface area contributed by atoms with Crippen LogP contribution in [0, 0.1) is 0 Å². The Morgan fingerprint density at radius 1 is 1.11 bits per heavy atom. The molecule has 0 radical (unpaired) electrons. The van der Waals surface area contributed by atoms with Gasteiger partial charge in [-0.05, 0) is 67.9 Å². The fraction of sp³-hybridized carbons (Fsp3) is 0.179. The smallest absolute Gasteiger partial charge is 0.255 e. The molecule has 1 aliphatic heterocycles. The lowest BCUT2D eigenvalue weighted by molar-refractivity contribution is -0.113. The molecule has 9 heteroatoms. The molecule has 4 aromatic rings. The molecule has 0 spiro atoms. The molecule has 1 amide bonds. The molecule has 1 aromatic heterocycles. The van der Waals surface area contributed by atoms with Crippen LogP contribution in [-0.2, 0) is 4.79 Å². The number of para-hydroxylation sites is 2. The first-order chi connectivity index (χ1) is 18.0. The largest absolute Gasteiger partial charge is 0.495 e. The van der Waals surface area contributed by atoms with Crippen molar-refractivity contribution in [3.63, 3.8) is 0 Å². The number of allylic oxidation sites excluding steroid dienone is 1. The van der Waals surface area contributed by atoms with Crippen LogP contribution in [0.2, 0.25) is 0 Å². The van der Waals surface area contributed by atoms with Gasteiger partial charge in [-0.2, -0.15) is 4.98 Å². The van der Waals surface area contributed by atoms with Crippen LogP contribution in [0.3, 0.4) is 0 Å². The van der Waals surface area contributed by atoms with Crippen molar-refractivity contribution in [3.8, 4) is 22.9 Å². The molecule has 2 heterocycles. The summed E-state index contributed by atoms with van der Waals surface area (Å²) in [6, 6.07) is 22.3. The third-order valence-electron chi connectivity index (χ3n) is 6.04. The Hall–Kier alpha value is -4.11. The molecule has 1 atom stereocenters. The monoisotopic (exact) mass is 559 g/mol. The summed E-state index contributed by atoms with van der Waals surface area (Å²) in [4.78, 5) is 18.5. The molecule has 1 unspecified atom stereocenters. The highest BCUT2D eigenvalue weighted by atomic mass is 79.9. The van der Waals surface area contributed by atoms with Crippen LogP contribution >= 0.6 is 15.9 Å². The number of ether oxygens (including phenoxy) is 2. The predicted octanol–water partition coefficient (Wildman–Crippen LogP) is 6.04. The topological polar surface area (TPSA) is 90.3 Å². The summed E-state index contributed by atoms with van der Waals surface area (Å²) in [6.07, 6.45) is 0. The molecule has 8 nitrogen and oxygen atoms in total. The highest BCUT2D eigenvalue weighted by Gasteiger charge is 2.35. The van der Waals surface area contributed by atoms with E-state index >= 15 is 0 Å². The number of halogens is 1. The van der Waals surface area contributed by atoms with E-state index in [1.54, 1.807) is 17.9 Å². The maximum absolute atomic E-state index is 13.7. The number of carbonyl (C=O) groups is 1. The third kappa shape index (κ3) is 4.95. The minimum Gasteiger partial charge on any atom is -0.495 e. The summed E-state index contributed by atoms with van der Waals surface area (Å²) in [5.41, 5.74) is 3.54. The van der Waals surface area contributed by atoms with Crippen LogP contribution in [0.5, 0.6) is 11.5 Å². The van der Waals surface area contributed by atoms with Gasteiger partial charge >= 0.3 is 0 Å². The van der Waals surface area contributed by atoms with Crippen molar-refractivity contribution in [2.45, 2.75) is 19.9 Å². The summed E-state index contributed by atoms with van der Waals surface area (Å²) in [6.45, 7) is 4.42. The van der Waals surface area contributed by atoms with Crippen molar-refractivity contribution in [3.05, 3.63) is 94.1 Å². The number of nitrogens with one attached hydrogen (secondary N) is 2. The van der Waals surface area contributed by atoms with Crippen molar-refractivity contribution in [1.29, 1.82) is 0 Å². The quantitative estimate of drug-likeness (QED) is 0.287. The highest BCUT2D eigenvalue weighted by molar-refractivity contribution is 9.10. The minimum absolute atomic E-state index is 0.261. The summed E-state index contributed by atoms with van der Waals surface area (Å²) < 4.78 is 13.7. The number of hydrogen-bond acceptors (Lipinski definition) is 6. The number of fused-ring (bicyclic) bond motifs is 1. The van der Waals surface area contributed by atoms with Gasteiger partial charge in [0.1, 0.15) is 17.5 Å². The van der Waals surface area contributed by atoms with Gasteiger partial charge in [0.2, 0.25) is 5.95 Å². The normalized spacial score (nSPS) is 14.5. The SMILES string of the molecule is CCOc1ccc(-c2nc3n(n2)C(c2cccc(Br)c2)C(C(=O)Nc2ccccc2OC)=C(C)N3)cc1. The van der Waals surface area contributed by atoms with Gasteiger partial charge in [-0.3, -0.25) is 4.79 Å². The van der Waals surface area contributed by atoms with Crippen molar-refractivity contribution < 1.29 is 14.3 Å². The van der Waals surface area contributed by atoms with Gasteiger partial charge in [0, 0.05) is 15.7 Å². The molecule has 0 saturated carbocycles. The highest BCUT2D eigenvalue weighted by Crippen LogP contribution is 2.38. The summed E-state index contributed by atoms with van der Waals surface area (Å²) in [5, 5.41) is 11.1. The van der Waals surface area contributed by atoms with Gasteiger partial charge in [-0.1, -0.05) is 40.2 Å². The molecular formula is C28H26BrN5O3. The standard InChI is InChI=1S/C28H26BrN5O3/c1-4-37-21-14-12-18(13-15-21)26-32-28-30-17(2)24(27(35)31-22-10-5-6-11-23(22)36-3)25(34(28)33-26)19-8-7-9-20(29)16-19/h5-16,25H,4H2,1-3H3,(H,31,35)(H,30,32,33). The second-order valence-electron chi connectivity index (χ2n) is 8.44. The van der Waals surface area contributed by atoms with Crippen molar-refractivity contribution in [2.24, 2.45) is 0 Å². The van der Waals surface area contributed by atoms with Gasteiger partial charge in [0.25, 0.3) is 5.91 Å². The lowest BCUT2D eigenvalue weighted by Crippen LogP contribution is -2.31. The number of hydrogen-bond donors (Lipinski definition) is 2. The molecule has 3 aromatic carbocycles. The summed E-state index contributed by atoms with van der Waals surface area (Å²) >= 11 is 3.57. The van der Waals surface area contributed by atoms with E-state index in [-0.39, 0.29) is 5.91 Å². The Bertz CT molecular complexity index is 1480. The zero-order chi connectivity index (χ0) is 25.9. The molecule has 2 N–H and O–H groups in total. The van der Waals surface area contributed by atoms with E-state index in [1.165, 1.54) is 0 Å². The third-order valence-corrected chi connectivity index (χ3v) is 6.53. The van der Waals surface area contributed by atoms with E-state index in [0.29, 0.717) is 41.1 Å². The Labute approximate surface area is 223 Å². The lowest BCUT2D eigenvalue weighted by Gasteiger charge is -2.29. The summed E-state index contributed by atoms with van der Waals surface area (Å²) in [7, 11) is 1.58. The second kappa shape index (κ2) is 10.5. The van der Waals surface area contributed by atoms with Crippen LogP contribution in [-0.4, -0.2) is 34.4 Å². The fourth-order valence-corrected chi connectivity index (χ4v) is 4.77. The Balaban J connectivity index is 1.57. The summed E-state index contributed by atoms with van der Waals surface area (Å²) in [5.74, 6) is 2.21. The van der Waals surface area contributed by atoms with E-state index < -0.39 is 6.04 Å². The molecule has 5 rings (SSSR count). The Kier molecular flexibility index (Phi) is 6.96. The molecular weight excluding hydrogens is 534 g/mol. The fourth-order valence-electron chi connectivity index (χ4n) is 4.36. The number of aromatic nitrogens is 3. The zero-order valence-corrected chi connectivity index (χ0v) is 22.2. The van der Waals surface area contributed by atoms with Crippen molar-refractivity contribution in [2.75, 3.05) is 24.4 Å². The first-order valence-electron chi connectivity index (χ1n) is 11.9. The molecule has 0 fully saturated rings. The molecule has 0 aliphatic carbocycles. The minimum atomic E-state index is -0.507. The van der Waals surface area contributed by atoms with E-state index in [0.717, 1.165) is 21.3 Å². The Morgan fingerprint density at radius 2 is 1.89 bits per heavy atom. The molecule has 37 heavy (non-hydrogen) atoms. The maximum Gasteiger partial charge on any atom is 0.255 e. The van der Waals surface area contributed by atoms with Crippen LogP contribution < -0.4 is 20.1 Å². The maximum atomic E-state index is 13.7. The number of nitrogens with zero attached hydrogens (tertiary/aromatic N) is 3. The first kappa shape index (κ1) is 24.6. The lowest BCUT2D eigenvalue weighted by atomic mass is 9.95. The average Bonchev–Trinajstić information content (AvgIpc) is 3.32. The van der Waals surface area contributed by atoms with Crippen LogP contribution in [0.25, 0.3) is 11.4 Å². The average molecular weight is 560 g/mol. The van der Waals surface area contributed by atoms with Crippen LogP contribution in [0.15, 0.2) is 88.5 Å². The van der Waals surface area contributed by atoms with Gasteiger partial charge in [0.15, 0.2) is 5.82 Å². The second-order valence-corrected chi connectivity index (χ2v) is 9.35. The van der Waals surface area contributed by atoms with Crippen LogP contribution in [0.4, 0.5) is 11.6 Å². The number of anilines is 2. The van der Waals surface area contributed by atoms with Crippen molar-refractivity contribution >= 4 is 33.5 Å². The molecule has 1 aliphatic rings. The predicted molar refractivity (Wildman–Crippen MR) is 147 cm³/mol. The number of amides is 1. The number of methoxy groups -OCH3 is 1. The first-order valence-corrected chi connectivity index (χ1v) is 12.6. The Morgan fingerprint density at radius 3 is 2.62 bits per heavy atom.